The zero-order chi connectivity index (χ0) is 16.9. The number of likely N-dealkylation sites (tertiary alicyclic amines) is 1. The van der Waals surface area contributed by atoms with Gasteiger partial charge in [-0.15, -0.1) is 11.3 Å². The number of carbonyl (C=O) groups excluding carboxylic acids is 3. The maximum Gasteiger partial charge on any atom is 0.245 e. The van der Waals surface area contributed by atoms with Gasteiger partial charge in [-0.3, -0.25) is 14.4 Å². The molecule has 2 saturated heterocycles. The molecule has 2 aliphatic heterocycles. The van der Waals surface area contributed by atoms with Gasteiger partial charge < -0.3 is 9.80 Å². The van der Waals surface area contributed by atoms with Crippen molar-refractivity contribution in [3.8, 4) is 0 Å². The first-order valence-electron chi connectivity index (χ1n) is 8.39. The van der Waals surface area contributed by atoms with Crippen LogP contribution in [0.5, 0.6) is 0 Å². The number of carbonyl (C=O) groups is 3. The van der Waals surface area contributed by atoms with Gasteiger partial charge in [-0.2, -0.15) is 11.8 Å². The fourth-order valence-electron chi connectivity index (χ4n) is 3.24. The largest absolute Gasteiger partial charge is 0.339 e. The van der Waals surface area contributed by atoms with E-state index in [9.17, 15) is 14.4 Å². The quantitative estimate of drug-likeness (QED) is 0.750. The monoisotopic (exact) mass is 366 g/mol. The molecular formula is C17H22N2O3S2. The predicted octanol–water partition coefficient (Wildman–Crippen LogP) is 2.28. The average molecular weight is 367 g/mol. The molecule has 3 heterocycles. The molecular weight excluding hydrogens is 344 g/mol. The summed E-state index contributed by atoms with van der Waals surface area (Å²) in [7, 11) is 0. The second-order valence-corrected chi connectivity index (χ2v) is 8.26. The van der Waals surface area contributed by atoms with Crippen molar-refractivity contribution in [1.82, 2.24) is 9.80 Å². The van der Waals surface area contributed by atoms with Gasteiger partial charge in [0.2, 0.25) is 11.8 Å². The maximum absolute atomic E-state index is 12.7. The van der Waals surface area contributed by atoms with Gasteiger partial charge in [0.1, 0.15) is 6.04 Å². The van der Waals surface area contributed by atoms with Gasteiger partial charge >= 0.3 is 0 Å². The van der Waals surface area contributed by atoms with Crippen LogP contribution in [-0.4, -0.2) is 64.6 Å². The van der Waals surface area contributed by atoms with Crippen LogP contribution >= 0.6 is 23.1 Å². The van der Waals surface area contributed by atoms with Crippen LogP contribution in [0.4, 0.5) is 0 Å². The number of Topliss-reactive ketones (excluding diaryl/α,β-unsaturated/α-hetero) is 1. The fourth-order valence-corrected chi connectivity index (χ4v) is 4.84. The van der Waals surface area contributed by atoms with E-state index in [1.807, 2.05) is 28.1 Å². The van der Waals surface area contributed by atoms with Gasteiger partial charge in [0.25, 0.3) is 0 Å². The highest BCUT2D eigenvalue weighted by Gasteiger charge is 2.36. The molecule has 0 spiro atoms. The van der Waals surface area contributed by atoms with Gasteiger partial charge in [-0.05, 0) is 24.3 Å². The third kappa shape index (κ3) is 4.00. The van der Waals surface area contributed by atoms with Gasteiger partial charge in [0, 0.05) is 44.0 Å². The molecule has 0 bridgehead atoms. The van der Waals surface area contributed by atoms with Crippen molar-refractivity contribution < 1.29 is 14.4 Å². The number of ketones is 1. The summed E-state index contributed by atoms with van der Waals surface area (Å²) in [4.78, 5) is 41.6. The summed E-state index contributed by atoms with van der Waals surface area (Å²) in [5.74, 6) is 1.98. The number of hydrogen-bond donors (Lipinski definition) is 0. The Hall–Kier alpha value is -1.34. The molecule has 1 atom stereocenters. The number of thioether (sulfide) groups is 1. The summed E-state index contributed by atoms with van der Waals surface area (Å²) < 4.78 is 0. The third-order valence-corrected chi connectivity index (χ3v) is 6.40. The number of thiophene rings is 1. The second kappa shape index (κ2) is 8.16. The molecule has 1 aromatic heterocycles. The Morgan fingerprint density at radius 2 is 1.92 bits per heavy atom. The first-order valence-corrected chi connectivity index (χ1v) is 10.4. The third-order valence-electron chi connectivity index (χ3n) is 4.54. The van der Waals surface area contributed by atoms with Gasteiger partial charge in [-0.25, -0.2) is 0 Å². The molecule has 0 saturated carbocycles. The average Bonchev–Trinajstić information content (AvgIpc) is 3.30. The van der Waals surface area contributed by atoms with Gasteiger partial charge in [0.15, 0.2) is 5.78 Å². The lowest BCUT2D eigenvalue weighted by molar-refractivity contribution is -0.143. The molecule has 24 heavy (non-hydrogen) atoms. The van der Waals surface area contributed by atoms with Crippen LogP contribution in [0.25, 0.3) is 0 Å². The highest BCUT2D eigenvalue weighted by Crippen LogP contribution is 2.23. The number of nitrogens with zero attached hydrogens (tertiary/aromatic N) is 2. The van der Waals surface area contributed by atoms with Crippen molar-refractivity contribution in [3.05, 3.63) is 22.4 Å². The predicted molar refractivity (Wildman–Crippen MR) is 96.5 cm³/mol. The van der Waals surface area contributed by atoms with E-state index in [4.69, 9.17) is 0 Å². The van der Waals surface area contributed by atoms with Crippen LogP contribution in [0.1, 0.15) is 35.4 Å². The molecule has 0 N–H and O–H groups in total. The molecule has 7 heteroatoms. The van der Waals surface area contributed by atoms with E-state index in [0.717, 1.165) is 37.4 Å². The lowest BCUT2D eigenvalue weighted by Gasteiger charge is -2.32. The second-order valence-electron chi connectivity index (χ2n) is 6.08. The lowest BCUT2D eigenvalue weighted by Crippen LogP contribution is -2.50. The molecule has 5 nitrogen and oxygen atoms in total. The Morgan fingerprint density at radius 3 is 2.62 bits per heavy atom. The Morgan fingerprint density at radius 1 is 1.12 bits per heavy atom. The Balaban J connectivity index is 1.55. The van der Waals surface area contributed by atoms with Crippen molar-refractivity contribution in [3.63, 3.8) is 0 Å². The fraction of sp³-hybridized carbons (Fsp3) is 0.588. The first kappa shape index (κ1) is 17.5. The lowest BCUT2D eigenvalue weighted by atomic mass is 10.1. The summed E-state index contributed by atoms with van der Waals surface area (Å²) >= 11 is 3.27. The van der Waals surface area contributed by atoms with E-state index in [1.165, 1.54) is 11.3 Å². The summed E-state index contributed by atoms with van der Waals surface area (Å²) in [6, 6.07) is 3.30. The van der Waals surface area contributed by atoms with Crippen LogP contribution in [0.3, 0.4) is 0 Å². The minimum Gasteiger partial charge on any atom is -0.339 e. The van der Waals surface area contributed by atoms with Crippen molar-refractivity contribution in [2.75, 3.05) is 31.1 Å². The highest BCUT2D eigenvalue weighted by molar-refractivity contribution is 7.99. The van der Waals surface area contributed by atoms with Crippen molar-refractivity contribution in [2.45, 2.75) is 31.7 Å². The molecule has 130 valence electrons. The summed E-state index contributed by atoms with van der Waals surface area (Å²) in [5.41, 5.74) is 0. The smallest absolute Gasteiger partial charge is 0.245 e. The molecule has 3 rings (SSSR count). The minimum atomic E-state index is -0.322. The van der Waals surface area contributed by atoms with Gasteiger partial charge in [-0.1, -0.05) is 6.07 Å². The van der Waals surface area contributed by atoms with Crippen LogP contribution in [0.15, 0.2) is 17.5 Å². The molecule has 0 aliphatic carbocycles. The van der Waals surface area contributed by atoms with Crippen molar-refractivity contribution in [1.29, 1.82) is 0 Å². The Bertz CT molecular complexity index is 597. The SMILES string of the molecule is O=C(CCC(=O)N1CCCC1C(=O)N1CCSCC1)c1cccs1. The van der Waals surface area contributed by atoms with E-state index in [-0.39, 0.29) is 36.5 Å². The van der Waals surface area contributed by atoms with E-state index >= 15 is 0 Å². The number of hydrogen-bond acceptors (Lipinski definition) is 5. The number of rotatable bonds is 5. The molecule has 2 amide bonds. The molecule has 2 fully saturated rings. The van der Waals surface area contributed by atoms with Gasteiger partial charge in [0.05, 0.1) is 4.88 Å². The van der Waals surface area contributed by atoms with E-state index in [0.29, 0.717) is 11.4 Å². The topological polar surface area (TPSA) is 57.7 Å². The van der Waals surface area contributed by atoms with Crippen LogP contribution in [0.2, 0.25) is 0 Å². The standard InChI is InChI=1S/C17H22N2O3S2/c20-14(15-4-2-10-24-15)5-6-16(21)19-7-1-3-13(19)17(22)18-8-11-23-12-9-18/h2,4,10,13H,1,3,5-9,11-12H2. The van der Waals surface area contributed by atoms with Crippen molar-refractivity contribution >= 4 is 40.7 Å². The normalized spacial score (nSPS) is 21.1. The zero-order valence-electron chi connectivity index (χ0n) is 13.6. The maximum atomic E-state index is 12.7. The zero-order valence-corrected chi connectivity index (χ0v) is 15.2. The van der Waals surface area contributed by atoms with Crippen LogP contribution in [-0.2, 0) is 9.59 Å². The first-order chi connectivity index (χ1) is 11.7. The van der Waals surface area contributed by atoms with E-state index < -0.39 is 0 Å². The van der Waals surface area contributed by atoms with Crippen LogP contribution in [0, 0.1) is 0 Å². The molecule has 1 aromatic rings. The molecule has 1 unspecified atom stereocenters. The van der Waals surface area contributed by atoms with Crippen LogP contribution < -0.4 is 0 Å². The summed E-state index contributed by atoms with van der Waals surface area (Å²) in [6.45, 7) is 2.18. The van der Waals surface area contributed by atoms with Crippen molar-refractivity contribution in [2.24, 2.45) is 0 Å². The number of amides is 2. The Labute approximate surface area is 150 Å². The summed E-state index contributed by atoms with van der Waals surface area (Å²) in [6.07, 6.45) is 2.02. The molecule has 0 radical (unpaired) electrons. The summed E-state index contributed by atoms with van der Waals surface area (Å²) in [5, 5.41) is 1.86. The Kier molecular flexibility index (Phi) is 5.94. The van der Waals surface area contributed by atoms with E-state index in [1.54, 1.807) is 11.0 Å². The minimum absolute atomic E-state index is 0.00785. The molecule has 2 aliphatic rings. The van der Waals surface area contributed by atoms with E-state index in [2.05, 4.69) is 0 Å². The highest BCUT2D eigenvalue weighted by atomic mass is 32.2. The molecule has 0 aromatic carbocycles.